The molecule has 7 nitrogen and oxygen atoms in total. The lowest BCUT2D eigenvalue weighted by Crippen LogP contribution is -2.10. The van der Waals surface area contributed by atoms with Crippen LogP contribution >= 0.6 is 0 Å². The van der Waals surface area contributed by atoms with Crippen molar-refractivity contribution in [2.24, 2.45) is 11.5 Å². The van der Waals surface area contributed by atoms with Crippen LogP contribution in [-0.2, 0) is 13.2 Å². The van der Waals surface area contributed by atoms with Gasteiger partial charge in [-0.1, -0.05) is 6.92 Å². The topological polar surface area (TPSA) is 127 Å². The van der Waals surface area contributed by atoms with Crippen LogP contribution in [0.5, 0.6) is 17.2 Å². The molecule has 7 heteroatoms. The van der Waals surface area contributed by atoms with Crippen LogP contribution in [-0.4, -0.2) is 18.3 Å². The van der Waals surface area contributed by atoms with Crippen LogP contribution in [0.25, 0.3) is 0 Å². The van der Waals surface area contributed by atoms with Gasteiger partial charge in [0.1, 0.15) is 42.1 Å². The van der Waals surface area contributed by atoms with Crippen molar-refractivity contribution in [3.05, 3.63) is 89.0 Å². The Balaban J connectivity index is 1.69. The highest BCUT2D eigenvalue weighted by molar-refractivity contribution is 5.95. The third kappa shape index (κ3) is 6.50. The second-order valence-corrected chi connectivity index (χ2v) is 7.29. The summed E-state index contributed by atoms with van der Waals surface area (Å²) in [7, 11) is 0. The maximum atomic E-state index is 7.47. The van der Waals surface area contributed by atoms with E-state index in [4.69, 9.17) is 36.5 Å². The Morgan fingerprint density at radius 3 is 1.47 bits per heavy atom. The van der Waals surface area contributed by atoms with E-state index in [1.807, 2.05) is 18.2 Å². The average molecular weight is 433 g/mol. The zero-order valence-electron chi connectivity index (χ0n) is 18.1. The molecule has 0 bridgehead atoms. The van der Waals surface area contributed by atoms with Crippen molar-refractivity contribution < 1.29 is 14.2 Å². The number of rotatable bonds is 11. The zero-order chi connectivity index (χ0) is 22.9. The number of amidine groups is 2. The van der Waals surface area contributed by atoms with E-state index in [1.54, 1.807) is 48.5 Å². The maximum Gasteiger partial charge on any atom is 0.122 e. The van der Waals surface area contributed by atoms with E-state index in [1.165, 1.54) is 0 Å². The molecule has 166 valence electrons. The quantitative estimate of drug-likeness (QED) is 0.267. The summed E-state index contributed by atoms with van der Waals surface area (Å²) in [6, 6.07) is 20.2. The maximum absolute atomic E-state index is 7.47. The summed E-state index contributed by atoms with van der Waals surface area (Å²) in [4.78, 5) is 0. The first-order chi connectivity index (χ1) is 15.4. The molecule has 0 radical (unpaired) electrons. The largest absolute Gasteiger partial charge is 0.494 e. The molecule has 0 saturated heterocycles. The fraction of sp³-hybridized carbons (Fsp3) is 0.200. The monoisotopic (exact) mass is 432 g/mol. The molecule has 0 aliphatic heterocycles. The van der Waals surface area contributed by atoms with Crippen LogP contribution in [0.15, 0.2) is 66.7 Å². The van der Waals surface area contributed by atoms with Gasteiger partial charge < -0.3 is 25.7 Å². The zero-order valence-corrected chi connectivity index (χ0v) is 18.1. The molecule has 0 atom stereocenters. The fourth-order valence-corrected chi connectivity index (χ4v) is 2.99. The summed E-state index contributed by atoms with van der Waals surface area (Å²) < 4.78 is 17.6. The summed E-state index contributed by atoms with van der Waals surface area (Å²) in [5, 5.41) is 14.9. The number of nitrogens with two attached hydrogens (primary N) is 2. The van der Waals surface area contributed by atoms with Crippen LogP contribution in [0.1, 0.15) is 35.6 Å². The van der Waals surface area contributed by atoms with Gasteiger partial charge in [0.05, 0.1) is 6.61 Å². The highest BCUT2D eigenvalue weighted by Crippen LogP contribution is 2.22. The fourth-order valence-electron chi connectivity index (χ4n) is 2.99. The molecule has 0 saturated carbocycles. The first-order valence-corrected chi connectivity index (χ1v) is 10.3. The number of hydrogen-bond donors (Lipinski definition) is 4. The van der Waals surface area contributed by atoms with Gasteiger partial charge >= 0.3 is 0 Å². The second kappa shape index (κ2) is 10.9. The van der Waals surface area contributed by atoms with Gasteiger partial charge in [-0.05, 0) is 84.3 Å². The van der Waals surface area contributed by atoms with Crippen molar-refractivity contribution in [1.29, 1.82) is 10.8 Å². The summed E-state index contributed by atoms with van der Waals surface area (Å²) in [5.41, 5.74) is 14.2. The Morgan fingerprint density at radius 1 is 0.656 bits per heavy atom. The van der Waals surface area contributed by atoms with Gasteiger partial charge in [0.15, 0.2) is 0 Å². The standard InChI is InChI=1S/C25H28N4O3/c1-2-11-30-23-13-17(15-31-21-7-3-19(4-8-21)24(26)27)12-18(14-23)16-32-22-9-5-20(6-10-22)25(28)29/h3-10,12-14H,2,11,15-16H2,1H3,(H3,26,27)(H3,28,29). The third-order valence-electron chi connectivity index (χ3n) is 4.64. The highest BCUT2D eigenvalue weighted by Gasteiger charge is 2.06. The minimum atomic E-state index is 0.0258. The molecule has 0 fully saturated rings. The van der Waals surface area contributed by atoms with E-state index in [9.17, 15) is 0 Å². The van der Waals surface area contributed by atoms with Gasteiger partial charge in [-0.25, -0.2) is 0 Å². The first-order valence-electron chi connectivity index (χ1n) is 10.3. The molecule has 0 aromatic heterocycles. The molecule has 3 rings (SSSR count). The van der Waals surface area contributed by atoms with E-state index >= 15 is 0 Å². The predicted molar refractivity (Wildman–Crippen MR) is 126 cm³/mol. The van der Waals surface area contributed by atoms with Gasteiger partial charge in [0, 0.05) is 11.1 Å². The van der Waals surface area contributed by atoms with Gasteiger partial charge in [-0.15, -0.1) is 0 Å². The molecule has 0 amide bonds. The molecule has 6 N–H and O–H groups in total. The van der Waals surface area contributed by atoms with Crippen LogP contribution in [0.4, 0.5) is 0 Å². The first kappa shape index (κ1) is 22.7. The number of benzene rings is 3. The van der Waals surface area contributed by atoms with Crippen molar-refractivity contribution in [2.45, 2.75) is 26.6 Å². The molecule has 3 aromatic carbocycles. The SMILES string of the molecule is CCCOc1cc(COc2ccc(C(=N)N)cc2)cc(COc2ccc(C(=N)N)cc2)c1. The summed E-state index contributed by atoms with van der Waals surface area (Å²) in [6.45, 7) is 3.42. The summed E-state index contributed by atoms with van der Waals surface area (Å²) in [6.07, 6.45) is 0.914. The molecule has 0 aliphatic carbocycles. The van der Waals surface area contributed by atoms with Crippen LogP contribution in [0, 0.1) is 10.8 Å². The summed E-state index contributed by atoms with van der Waals surface area (Å²) >= 11 is 0. The second-order valence-electron chi connectivity index (χ2n) is 7.29. The van der Waals surface area contributed by atoms with E-state index in [2.05, 4.69) is 6.92 Å². The Morgan fingerprint density at radius 2 is 1.09 bits per heavy atom. The number of nitrogen functional groups attached to an aromatic ring is 2. The number of ether oxygens (including phenoxy) is 3. The molecule has 0 aliphatic rings. The molecular formula is C25H28N4O3. The normalized spacial score (nSPS) is 10.4. The van der Waals surface area contributed by atoms with Crippen molar-refractivity contribution in [3.63, 3.8) is 0 Å². The van der Waals surface area contributed by atoms with E-state index in [0.29, 0.717) is 42.4 Å². The lowest BCUT2D eigenvalue weighted by Gasteiger charge is -2.13. The minimum absolute atomic E-state index is 0.0258. The minimum Gasteiger partial charge on any atom is -0.494 e. The van der Waals surface area contributed by atoms with Gasteiger partial charge in [0.2, 0.25) is 0 Å². The third-order valence-corrected chi connectivity index (χ3v) is 4.64. The van der Waals surface area contributed by atoms with E-state index < -0.39 is 0 Å². The average Bonchev–Trinajstić information content (AvgIpc) is 2.80. The van der Waals surface area contributed by atoms with Crippen molar-refractivity contribution in [3.8, 4) is 17.2 Å². The van der Waals surface area contributed by atoms with Crippen molar-refractivity contribution >= 4 is 11.7 Å². The molecule has 0 unspecified atom stereocenters. The van der Waals surface area contributed by atoms with Gasteiger partial charge in [-0.3, -0.25) is 10.8 Å². The van der Waals surface area contributed by atoms with Crippen LogP contribution in [0.2, 0.25) is 0 Å². The lowest BCUT2D eigenvalue weighted by molar-refractivity contribution is 0.292. The molecule has 3 aromatic rings. The smallest absolute Gasteiger partial charge is 0.122 e. The van der Waals surface area contributed by atoms with Gasteiger partial charge in [0.25, 0.3) is 0 Å². The van der Waals surface area contributed by atoms with E-state index in [-0.39, 0.29) is 11.7 Å². The Hall–Kier alpha value is -4.00. The lowest BCUT2D eigenvalue weighted by atomic mass is 10.1. The van der Waals surface area contributed by atoms with Crippen LogP contribution in [0.3, 0.4) is 0 Å². The summed E-state index contributed by atoms with van der Waals surface area (Å²) in [5.74, 6) is 2.21. The number of hydrogen-bond acceptors (Lipinski definition) is 5. The number of nitrogens with one attached hydrogen (secondary N) is 2. The predicted octanol–water partition coefficient (Wildman–Crippen LogP) is 4.20. The van der Waals surface area contributed by atoms with Gasteiger partial charge in [-0.2, -0.15) is 0 Å². The van der Waals surface area contributed by atoms with Crippen molar-refractivity contribution in [1.82, 2.24) is 0 Å². The highest BCUT2D eigenvalue weighted by atomic mass is 16.5. The molecular weight excluding hydrogens is 404 g/mol. The van der Waals surface area contributed by atoms with Crippen molar-refractivity contribution in [2.75, 3.05) is 6.61 Å². The van der Waals surface area contributed by atoms with Crippen LogP contribution < -0.4 is 25.7 Å². The Bertz CT molecular complexity index is 984. The Kier molecular flexibility index (Phi) is 7.70. The van der Waals surface area contributed by atoms with E-state index in [0.717, 1.165) is 23.3 Å². The molecule has 32 heavy (non-hydrogen) atoms. The molecule has 0 heterocycles. The molecule has 0 spiro atoms. The Labute approximate surface area is 187 Å².